The van der Waals surface area contributed by atoms with Crippen LogP contribution in [0.5, 0.6) is 5.75 Å². The molecule has 0 spiro atoms. The Labute approximate surface area is 176 Å². The minimum absolute atomic E-state index is 0.0702. The molecule has 4 amide bonds. The van der Waals surface area contributed by atoms with E-state index >= 15 is 0 Å². The van der Waals surface area contributed by atoms with Gasteiger partial charge in [-0.3, -0.25) is 29.4 Å². The number of fused-ring (bicyclic) bond motifs is 2. The summed E-state index contributed by atoms with van der Waals surface area (Å²) in [5.74, 6) is -1.97. The molecular weight excluding hydrogens is 398 g/mol. The van der Waals surface area contributed by atoms with E-state index in [9.17, 15) is 19.2 Å². The SMILES string of the molecule is O=C1CC[C@@H](N2C(=O)c3cccc(OCc4ccc5ccccc5n4)c3C2=O)C(=O)N1. The van der Waals surface area contributed by atoms with E-state index in [4.69, 9.17) is 4.74 Å². The molecule has 0 bridgehead atoms. The summed E-state index contributed by atoms with van der Waals surface area (Å²) in [6, 6.07) is 15.2. The molecule has 154 valence electrons. The second-order valence-electron chi connectivity index (χ2n) is 7.41. The van der Waals surface area contributed by atoms with Crippen LogP contribution in [0.4, 0.5) is 0 Å². The second-order valence-corrected chi connectivity index (χ2v) is 7.41. The molecule has 1 fully saturated rings. The molecule has 1 atom stereocenters. The largest absolute Gasteiger partial charge is 0.486 e. The lowest BCUT2D eigenvalue weighted by Crippen LogP contribution is -2.54. The number of aromatic nitrogens is 1. The fraction of sp³-hybridized carbons (Fsp3) is 0.174. The number of pyridine rings is 1. The summed E-state index contributed by atoms with van der Waals surface area (Å²) in [6.07, 6.45) is 0.175. The lowest BCUT2D eigenvalue weighted by Gasteiger charge is -2.27. The van der Waals surface area contributed by atoms with E-state index in [1.54, 1.807) is 12.1 Å². The molecule has 1 saturated heterocycles. The normalized spacial score (nSPS) is 18.3. The molecular formula is C23H17N3O5. The van der Waals surface area contributed by atoms with Gasteiger partial charge in [-0.15, -0.1) is 0 Å². The van der Waals surface area contributed by atoms with Crippen LogP contribution in [-0.4, -0.2) is 39.6 Å². The highest BCUT2D eigenvalue weighted by molar-refractivity contribution is 6.24. The number of hydrogen-bond acceptors (Lipinski definition) is 6. The maximum absolute atomic E-state index is 13.1. The predicted octanol–water partition coefficient (Wildman–Crippen LogP) is 2.21. The van der Waals surface area contributed by atoms with Crippen molar-refractivity contribution in [1.82, 2.24) is 15.2 Å². The molecule has 5 rings (SSSR count). The van der Waals surface area contributed by atoms with Gasteiger partial charge in [0.25, 0.3) is 11.8 Å². The van der Waals surface area contributed by atoms with Crippen molar-refractivity contribution in [1.29, 1.82) is 0 Å². The molecule has 0 saturated carbocycles. The van der Waals surface area contributed by atoms with Crippen LogP contribution in [0, 0.1) is 0 Å². The number of hydrogen-bond donors (Lipinski definition) is 1. The van der Waals surface area contributed by atoms with Crippen molar-refractivity contribution in [2.45, 2.75) is 25.5 Å². The first-order valence-corrected chi connectivity index (χ1v) is 9.85. The third-order valence-electron chi connectivity index (χ3n) is 5.46. The highest BCUT2D eigenvalue weighted by atomic mass is 16.5. The Hall–Kier alpha value is -4.07. The van der Waals surface area contributed by atoms with Gasteiger partial charge in [0.2, 0.25) is 11.8 Å². The van der Waals surface area contributed by atoms with Crippen molar-refractivity contribution in [2.75, 3.05) is 0 Å². The van der Waals surface area contributed by atoms with Crippen molar-refractivity contribution < 1.29 is 23.9 Å². The number of benzene rings is 2. The summed E-state index contributed by atoms with van der Waals surface area (Å²) >= 11 is 0. The lowest BCUT2D eigenvalue weighted by atomic mass is 10.0. The molecule has 0 radical (unpaired) electrons. The highest BCUT2D eigenvalue weighted by Crippen LogP contribution is 2.34. The minimum atomic E-state index is -1.01. The zero-order chi connectivity index (χ0) is 21.5. The molecule has 0 aliphatic carbocycles. The van der Waals surface area contributed by atoms with Crippen molar-refractivity contribution in [2.24, 2.45) is 0 Å². The number of amides is 4. The van der Waals surface area contributed by atoms with E-state index in [0.717, 1.165) is 15.8 Å². The van der Waals surface area contributed by atoms with Crippen LogP contribution in [0.3, 0.4) is 0 Å². The molecule has 0 unspecified atom stereocenters. The van der Waals surface area contributed by atoms with Crippen molar-refractivity contribution in [3.8, 4) is 5.75 Å². The van der Waals surface area contributed by atoms with E-state index in [-0.39, 0.29) is 36.3 Å². The van der Waals surface area contributed by atoms with Gasteiger partial charge in [0.05, 0.1) is 22.3 Å². The van der Waals surface area contributed by atoms with Crippen LogP contribution < -0.4 is 10.1 Å². The minimum Gasteiger partial charge on any atom is -0.486 e. The Morgan fingerprint density at radius 2 is 1.81 bits per heavy atom. The number of nitrogens with zero attached hydrogens (tertiary/aromatic N) is 2. The average molecular weight is 415 g/mol. The zero-order valence-electron chi connectivity index (χ0n) is 16.3. The molecule has 31 heavy (non-hydrogen) atoms. The van der Waals surface area contributed by atoms with E-state index in [2.05, 4.69) is 10.3 Å². The van der Waals surface area contributed by atoms with Crippen LogP contribution in [0.25, 0.3) is 10.9 Å². The number of carbonyl (C=O) groups is 4. The number of piperidine rings is 1. The van der Waals surface area contributed by atoms with Gasteiger partial charge < -0.3 is 4.74 Å². The molecule has 2 aliphatic rings. The van der Waals surface area contributed by atoms with Crippen LogP contribution in [0.1, 0.15) is 39.3 Å². The molecule has 1 aromatic heterocycles. The Kier molecular flexibility index (Phi) is 4.47. The molecule has 1 N–H and O–H groups in total. The van der Waals surface area contributed by atoms with Gasteiger partial charge in [0, 0.05) is 11.8 Å². The Balaban J connectivity index is 1.41. The van der Waals surface area contributed by atoms with Gasteiger partial charge in [-0.2, -0.15) is 0 Å². The first-order chi connectivity index (χ1) is 15.0. The van der Waals surface area contributed by atoms with Gasteiger partial charge in [0.15, 0.2) is 0 Å². The van der Waals surface area contributed by atoms with Gasteiger partial charge in [0.1, 0.15) is 18.4 Å². The molecule has 2 aliphatic heterocycles. The summed E-state index contributed by atoms with van der Waals surface area (Å²) in [4.78, 5) is 55.1. The van der Waals surface area contributed by atoms with Crippen LogP contribution in [0.15, 0.2) is 54.6 Å². The van der Waals surface area contributed by atoms with E-state index in [1.165, 1.54) is 6.07 Å². The Morgan fingerprint density at radius 1 is 0.968 bits per heavy atom. The summed E-state index contributed by atoms with van der Waals surface area (Å²) in [5.41, 5.74) is 1.81. The zero-order valence-corrected chi connectivity index (χ0v) is 16.3. The first-order valence-electron chi connectivity index (χ1n) is 9.85. The first kappa shape index (κ1) is 18.9. The maximum Gasteiger partial charge on any atom is 0.266 e. The van der Waals surface area contributed by atoms with Crippen molar-refractivity contribution >= 4 is 34.5 Å². The monoisotopic (exact) mass is 415 g/mol. The van der Waals surface area contributed by atoms with Crippen molar-refractivity contribution in [3.63, 3.8) is 0 Å². The Morgan fingerprint density at radius 3 is 2.65 bits per heavy atom. The summed E-state index contributed by atoms with van der Waals surface area (Å²) in [7, 11) is 0. The summed E-state index contributed by atoms with van der Waals surface area (Å²) in [6.45, 7) is 0.112. The Bertz CT molecular complexity index is 1270. The maximum atomic E-state index is 13.1. The third-order valence-corrected chi connectivity index (χ3v) is 5.46. The third kappa shape index (κ3) is 3.22. The number of imide groups is 2. The number of ether oxygens (including phenoxy) is 1. The van der Waals surface area contributed by atoms with Gasteiger partial charge in [-0.25, -0.2) is 4.98 Å². The van der Waals surface area contributed by atoms with Crippen molar-refractivity contribution in [3.05, 3.63) is 71.4 Å². The van der Waals surface area contributed by atoms with Gasteiger partial charge >= 0.3 is 0 Å². The van der Waals surface area contributed by atoms with Crippen LogP contribution in [0.2, 0.25) is 0 Å². The average Bonchev–Trinajstić information content (AvgIpc) is 3.03. The highest BCUT2D eigenvalue weighted by Gasteiger charge is 2.45. The van der Waals surface area contributed by atoms with E-state index in [1.807, 2.05) is 36.4 Å². The smallest absolute Gasteiger partial charge is 0.266 e. The lowest BCUT2D eigenvalue weighted by molar-refractivity contribution is -0.136. The topological polar surface area (TPSA) is 106 Å². The molecule has 2 aromatic carbocycles. The van der Waals surface area contributed by atoms with E-state index < -0.39 is 29.7 Å². The van der Waals surface area contributed by atoms with Crippen LogP contribution >= 0.6 is 0 Å². The standard InChI is InChI=1S/C23H17N3O5/c27-19-11-10-17(21(28)25-19)26-22(29)15-5-3-7-18(20(15)23(26)30)31-12-14-9-8-13-4-1-2-6-16(13)24-14/h1-9,17H,10-12H2,(H,25,27,28)/t17-/m1/s1. The number of carbonyl (C=O) groups excluding carboxylic acids is 4. The number of nitrogens with one attached hydrogen (secondary N) is 1. The fourth-order valence-electron chi connectivity index (χ4n) is 3.94. The molecule has 3 aromatic rings. The van der Waals surface area contributed by atoms with Gasteiger partial charge in [-0.1, -0.05) is 30.3 Å². The summed E-state index contributed by atoms with van der Waals surface area (Å²) < 4.78 is 5.87. The number of para-hydroxylation sites is 1. The van der Waals surface area contributed by atoms with Gasteiger partial charge in [-0.05, 0) is 30.7 Å². The second kappa shape index (κ2) is 7.32. The molecule has 8 heteroatoms. The molecule has 8 nitrogen and oxygen atoms in total. The quantitative estimate of drug-likeness (QED) is 0.655. The summed E-state index contributed by atoms with van der Waals surface area (Å²) in [5, 5.41) is 3.19. The van der Waals surface area contributed by atoms with E-state index in [0.29, 0.717) is 5.69 Å². The van der Waals surface area contributed by atoms with Crippen LogP contribution in [-0.2, 0) is 16.2 Å². The fourth-order valence-corrected chi connectivity index (χ4v) is 3.94. The number of rotatable bonds is 4. The predicted molar refractivity (Wildman–Crippen MR) is 109 cm³/mol. The molecule has 3 heterocycles.